The van der Waals surface area contributed by atoms with E-state index < -0.39 is 36.5 Å². The van der Waals surface area contributed by atoms with Gasteiger partial charge in [-0.25, -0.2) is 25.8 Å². The zero-order chi connectivity index (χ0) is 14.5. The van der Waals surface area contributed by atoms with Crippen molar-refractivity contribution >= 4 is 55.1 Å². The molecule has 0 saturated heterocycles. The molecule has 0 aromatic heterocycles. The Hall–Kier alpha value is 0.430. The molecule has 0 aromatic rings. The monoisotopic (exact) mass is 352 g/mol. The van der Waals surface area contributed by atoms with Gasteiger partial charge in [0.15, 0.2) is 0 Å². The normalized spacial score (nSPS) is 15.0. The minimum Gasteiger partial charge on any atom is -0.227 e. The molecule has 0 aliphatic carbocycles. The number of hydrogen-bond acceptors (Lipinski definition) is 6. The minimum atomic E-state index is -7.33. The summed E-state index contributed by atoms with van der Waals surface area (Å²) in [5, 5.41) is 0. The van der Waals surface area contributed by atoms with E-state index in [0.29, 0.717) is 0 Å². The van der Waals surface area contributed by atoms with Crippen molar-refractivity contribution in [2.45, 2.75) is 11.0 Å². The van der Waals surface area contributed by atoms with Crippen molar-refractivity contribution in [2.24, 2.45) is 0 Å². The molecule has 0 heterocycles. The fourth-order valence-electron chi connectivity index (χ4n) is 0.367. The molecule has 0 atom stereocenters. The Bertz CT molecular complexity index is 559. The quantitative estimate of drug-likeness (QED) is 0.438. The average molecular weight is 352 g/mol. The van der Waals surface area contributed by atoms with Gasteiger partial charge in [-0.05, 0) is 0 Å². The molecule has 0 fully saturated rings. The van der Waals surface area contributed by atoms with Crippen molar-refractivity contribution in [3.63, 3.8) is 0 Å². The summed E-state index contributed by atoms with van der Waals surface area (Å²) in [5.74, 6) is 0. The molecule has 0 rings (SSSR count). The first-order valence-corrected chi connectivity index (χ1v) is 8.47. The zero-order valence-corrected chi connectivity index (χ0v) is 12.5. The van der Waals surface area contributed by atoms with E-state index in [9.17, 15) is 47.4 Å². The third-order valence-corrected chi connectivity index (χ3v) is 11.3. The SMILES string of the molecule is N=S(=O)(S(=O)(=O)C(F)(F)F)S(=O)(=O)C(F)(F)F.[Na]. The van der Waals surface area contributed by atoms with Crippen LogP contribution in [0.4, 0.5) is 26.3 Å². The van der Waals surface area contributed by atoms with E-state index in [0.717, 1.165) is 0 Å². The van der Waals surface area contributed by atoms with Gasteiger partial charge >= 0.3 is 28.8 Å². The minimum absolute atomic E-state index is 0. The molecule has 0 aromatic carbocycles. The first-order chi connectivity index (χ1) is 7.00. The largest absolute Gasteiger partial charge is 0.511 e. The van der Waals surface area contributed by atoms with E-state index in [1.165, 1.54) is 0 Å². The van der Waals surface area contributed by atoms with Gasteiger partial charge in [0.1, 0.15) is 0 Å². The van der Waals surface area contributed by atoms with Gasteiger partial charge in [0.05, 0.1) is 0 Å². The van der Waals surface area contributed by atoms with Crippen LogP contribution in [-0.2, 0) is 25.5 Å². The van der Waals surface area contributed by atoms with Gasteiger partial charge in [0.25, 0.3) is 7.79 Å². The Morgan fingerprint density at radius 2 is 0.833 bits per heavy atom. The zero-order valence-electron chi connectivity index (χ0n) is 8.03. The van der Waals surface area contributed by atoms with Crippen LogP contribution in [0, 0.1) is 4.78 Å². The molecule has 16 heteroatoms. The second kappa shape index (κ2) is 5.08. The van der Waals surface area contributed by atoms with Crippen molar-refractivity contribution in [3.8, 4) is 0 Å². The maximum absolute atomic E-state index is 11.7. The summed E-state index contributed by atoms with van der Waals surface area (Å²) in [6, 6.07) is 0. The molecule has 105 valence electrons. The van der Waals surface area contributed by atoms with E-state index in [1.54, 1.807) is 0 Å². The van der Waals surface area contributed by atoms with Gasteiger partial charge in [-0.15, -0.1) is 0 Å². The molecule has 1 radical (unpaired) electrons. The predicted octanol–water partition coefficient (Wildman–Crippen LogP) is 0.352. The van der Waals surface area contributed by atoms with E-state index in [1.807, 2.05) is 0 Å². The van der Waals surface area contributed by atoms with Gasteiger partial charge in [0, 0.05) is 29.6 Å². The fourth-order valence-corrected chi connectivity index (χ4v) is 6.81. The summed E-state index contributed by atoms with van der Waals surface area (Å²) < 4.78 is 128. The number of rotatable bonds is 2. The first kappa shape index (κ1) is 20.7. The number of nitrogens with one attached hydrogen (secondary N) is 1. The molecule has 0 aliphatic heterocycles. The van der Waals surface area contributed by atoms with Crippen LogP contribution in [0.15, 0.2) is 0 Å². The molecule has 0 bridgehead atoms. The summed E-state index contributed by atoms with van der Waals surface area (Å²) in [5.41, 5.74) is -13.1. The first-order valence-electron chi connectivity index (χ1n) is 2.91. The molecule has 0 amide bonds. The van der Waals surface area contributed by atoms with Crippen molar-refractivity contribution in [2.75, 3.05) is 0 Å². The summed E-state index contributed by atoms with van der Waals surface area (Å²) in [6.07, 6.45) is 0. The van der Waals surface area contributed by atoms with Gasteiger partial charge in [0.2, 0.25) is 0 Å². The molecule has 6 nitrogen and oxygen atoms in total. The van der Waals surface area contributed by atoms with Crippen molar-refractivity contribution < 1.29 is 47.4 Å². The number of alkyl halides is 6. The predicted molar refractivity (Wildman–Crippen MR) is 46.6 cm³/mol. The van der Waals surface area contributed by atoms with Crippen molar-refractivity contribution in [3.05, 3.63) is 0 Å². The molecule has 1 N–H and O–H groups in total. The molecule has 18 heavy (non-hydrogen) atoms. The van der Waals surface area contributed by atoms with Crippen LogP contribution in [0.25, 0.3) is 0 Å². The fraction of sp³-hybridized carbons (Fsp3) is 1.00. The number of hydrogen-bond donors (Lipinski definition) is 1. The smallest absolute Gasteiger partial charge is 0.227 e. The van der Waals surface area contributed by atoms with E-state index in [-0.39, 0.29) is 29.6 Å². The van der Waals surface area contributed by atoms with Crippen molar-refractivity contribution in [1.82, 2.24) is 0 Å². The van der Waals surface area contributed by atoms with Gasteiger partial charge in [-0.1, -0.05) is 0 Å². The van der Waals surface area contributed by atoms with Crippen LogP contribution in [0.5, 0.6) is 0 Å². The second-order valence-corrected chi connectivity index (χ2v) is 12.0. The van der Waals surface area contributed by atoms with Crippen LogP contribution < -0.4 is 0 Å². The standard InChI is InChI=1S/C2HF6NO5S3.Na/c3-1(4,5)15(10,11)17(9,14)16(12,13)2(6,7)8;/h9H;. The van der Waals surface area contributed by atoms with Crippen LogP contribution in [0.3, 0.4) is 0 Å². The van der Waals surface area contributed by atoms with E-state index in [4.69, 9.17) is 4.78 Å². The van der Waals surface area contributed by atoms with Crippen LogP contribution >= 0.6 is 0 Å². The third-order valence-electron chi connectivity index (χ3n) is 1.14. The van der Waals surface area contributed by atoms with Gasteiger partial charge in [-0.2, -0.15) is 26.3 Å². The Labute approximate surface area is 118 Å². The average Bonchev–Trinajstić information content (AvgIpc) is 1.98. The number of halogens is 6. The molecular weight excluding hydrogens is 351 g/mol. The summed E-state index contributed by atoms with van der Waals surface area (Å²) in [6.45, 7) is 0. The van der Waals surface area contributed by atoms with Gasteiger partial charge in [-0.3, -0.25) is 0 Å². The maximum atomic E-state index is 11.7. The molecule has 0 unspecified atom stereocenters. The molecule has 0 aliphatic rings. The van der Waals surface area contributed by atoms with Crippen LogP contribution in [-0.4, -0.2) is 61.6 Å². The molecule has 0 saturated carbocycles. The van der Waals surface area contributed by atoms with Crippen molar-refractivity contribution in [1.29, 1.82) is 4.78 Å². The maximum Gasteiger partial charge on any atom is 0.511 e. The summed E-state index contributed by atoms with van der Waals surface area (Å²) >= 11 is 0. The topological polar surface area (TPSA) is 109 Å². The Balaban J connectivity index is 0. The van der Waals surface area contributed by atoms with E-state index in [2.05, 4.69) is 0 Å². The van der Waals surface area contributed by atoms with E-state index >= 15 is 0 Å². The summed E-state index contributed by atoms with van der Waals surface area (Å²) in [7, 11) is -21.7. The third kappa shape index (κ3) is 2.95. The molecule has 0 spiro atoms. The van der Waals surface area contributed by atoms with Gasteiger partial charge < -0.3 is 0 Å². The molecular formula is C2HF6NNaO5S3. The Morgan fingerprint density at radius 3 is 0.944 bits per heavy atom. The Morgan fingerprint density at radius 1 is 0.667 bits per heavy atom. The second-order valence-electron chi connectivity index (χ2n) is 2.25. The summed E-state index contributed by atoms with van der Waals surface area (Å²) in [4.78, 5) is 0. The Kier molecular flexibility index (Phi) is 5.86. The van der Waals surface area contributed by atoms with Crippen LogP contribution in [0.2, 0.25) is 0 Å². The van der Waals surface area contributed by atoms with Crippen LogP contribution in [0.1, 0.15) is 0 Å².